The quantitative estimate of drug-likeness (QED) is 0.645. The van der Waals surface area contributed by atoms with E-state index in [0.717, 1.165) is 13.0 Å². The molecule has 0 saturated carbocycles. The molecule has 0 aliphatic rings. The van der Waals surface area contributed by atoms with E-state index in [4.69, 9.17) is 9.47 Å². The van der Waals surface area contributed by atoms with Gasteiger partial charge < -0.3 is 14.8 Å². The second-order valence-electron chi connectivity index (χ2n) is 5.05. The molecule has 0 heterocycles. The number of rotatable bonds is 8. The lowest BCUT2D eigenvalue weighted by atomic mass is 9.97. The molecule has 4 heteroatoms. The van der Waals surface area contributed by atoms with Crippen LogP contribution in [-0.2, 0) is 14.3 Å². The maximum atomic E-state index is 11.4. The fourth-order valence-corrected chi connectivity index (χ4v) is 1.03. The van der Waals surface area contributed by atoms with Crippen molar-refractivity contribution in [2.45, 2.75) is 33.6 Å². The van der Waals surface area contributed by atoms with E-state index in [1.165, 1.54) is 0 Å². The second-order valence-corrected chi connectivity index (χ2v) is 5.05. The van der Waals surface area contributed by atoms with Crippen LogP contribution in [0, 0.1) is 5.41 Å². The molecular weight excluding hydrogens is 206 g/mol. The molecule has 0 rings (SSSR count). The summed E-state index contributed by atoms with van der Waals surface area (Å²) >= 11 is 0. The van der Waals surface area contributed by atoms with Crippen molar-refractivity contribution in [2.75, 3.05) is 33.5 Å². The average molecular weight is 231 g/mol. The van der Waals surface area contributed by atoms with E-state index in [0.29, 0.717) is 26.2 Å². The lowest BCUT2D eigenvalue weighted by molar-refractivity contribution is -0.121. The van der Waals surface area contributed by atoms with Crippen molar-refractivity contribution < 1.29 is 14.3 Å². The fraction of sp³-hybridized carbons (Fsp3) is 0.917. The Morgan fingerprint density at radius 1 is 1.19 bits per heavy atom. The summed E-state index contributed by atoms with van der Waals surface area (Å²) in [4.78, 5) is 11.4. The zero-order valence-electron chi connectivity index (χ0n) is 11.0. The van der Waals surface area contributed by atoms with Crippen molar-refractivity contribution in [2.24, 2.45) is 5.41 Å². The van der Waals surface area contributed by atoms with Gasteiger partial charge in [-0.15, -0.1) is 0 Å². The van der Waals surface area contributed by atoms with E-state index in [2.05, 4.69) is 26.1 Å². The van der Waals surface area contributed by atoms with Gasteiger partial charge >= 0.3 is 0 Å². The molecule has 16 heavy (non-hydrogen) atoms. The van der Waals surface area contributed by atoms with E-state index in [1.807, 2.05) is 0 Å². The Kier molecular flexibility index (Phi) is 8.21. The van der Waals surface area contributed by atoms with Crippen molar-refractivity contribution in [1.29, 1.82) is 0 Å². The maximum absolute atomic E-state index is 11.4. The molecule has 0 unspecified atom stereocenters. The molecule has 0 aliphatic carbocycles. The van der Waals surface area contributed by atoms with E-state index in [-0.39, 0.29) is 11.3 Å². The highest BCUT2D eigenvalue weighted by atomic mass is 16.5. The highest BCUT2D eigenvalue weighted by molar-refractivity contribution is 5.75. The molecule has 1 amide bonds. The summed E-state index contributed by atoms with van der Waals surface area (Å²) in [6.45, 7) is 8.84. The monoisotopic (exact) mass is 231 g/mol. The van der Waals surface area contributed by atoms with Crippen LogP contribution in [0.2, 0.25) is 0 Å². The Labute approximate surface area is 98.7 Å². The minimum atomic E-state index is 0.102. The van der Waals surface area contributed by atoms with Crippen LogP contribution in [0.1, 0.15) is 33.6 Å². The largest absolute Gasteiger partial charge is 0.382 e. The van der Waals surface area contributed by atoms with Gasteiger partial charge in [0.05, 0.1) is 13.2 Å². The molecule has 0 bridgehead atoms. The molecule has 96 valence electrons. The van der Waals surface area contributed by atoms with Gasteiger partial charge in [0.15, 0.2) is 0 Å². The maximum Gasteiger partial charge on any atom is 0.220 e. The number of hydrogen-bond acceptors (Lipinski definition) is 3. The van der Waals surface area contributed by atoms with Gasteiger partial charge in [-0.2, -0.15) is 0 Å². The summed E-state index contributed by atoms with van der Waals surface area (Å²) in [7, 11) is 1.64. The van der Waals surface area contributed by atoms with Crippen molar-refractivity contribution in [1.82, 2.24) is 5.32 Å². The first-order valence-electron chi connectivity index (χ1n) is 5.79. The molecule has 0 fully saturated rings. The summed E-state index contributed by atoms with van der Waals surface area (Å²) in [5.41, 5.74) is 0.143. The van der Waals surface area contributed by atoms with Gasteiger partial charge in [0, 0.05) is 26.7 Å². The van der Waals surface area contributed by atoms with Crippen LogP contribution in [-0.4, -0.2) is 39.4 Å². The molecule has 0 aromatic heterocycles. The highest BCUT2D eigenvalue weighted by Crippen LogP contribution is 2.10. The molecule has 0 aliphatic heterocycles. The first kappa shape index (κ1) is 15.4. The number of hydrogen-bond donors (Lipinski definition) is 1. The van der Waals surface area contributed by atoms with Crippen molar-refractivity contribution in [3.63, 3.8) is 0 Å². The Bertz CT molecular complexity index is 187. The predicted octanol–water partition coefficient (Wildman–Crippen LogP) is 1.59. The van der Waals surface area contributed by atoms with Crippen LogP contribution in [0.25, 0.3) is 0 Å². The van der Waals surface area contributed by atoms with Crippen LogP contribution >= 0.6 is 0 Å². The Hall–Kier alpha value is -0.610. The zero-order chi connectivity index (χ0) is 12.4. The molecule has 0 aromatic carbocycles. The minimum Gasteiger partial charge on any atom is -0.382 e. The van der Waals surface area contributed by atoms with Gasteiger partial charge in [-0.1, -0.05) is 20.8 Å². The Morgan fingerprint density at radius 2 is 1.88 bits per heavy atom. The van der Waals surface area contributed by atoms with E-state index >= 15 is 0 Å². The van der Waals surface area contributed by atoms with Gasteiger partial charge in [0.2, 0.25) is 5.91 Å². The van der Waals surface area contributed by atoms with E-state index in [9.17, 15) is 4.79 Å². The van der Waals surface area contributed by atoms with Gasteiger partial charge in [0.1, 0.15) is 0 Å². The molecule has 0 saturated heterocycles. The molecular formula is C12H25NO3. The van der Waals surface area contributed by atoms with E-state index in [1.54, 1.807) is 7.11 Å². The minimum absolute atomic E-state index is 0.102. The fourth-order valence-electron chi connectivity index (χ4n) is 1.03. The summed E-state index contributed by atoms with van der Waals surface area (Å²) < 4.78 is 10.1. The molecule has 0 spiro atoms. The van der Waals surface area contributed by atoms with Gasteiger partial charge in [-0.3, -0.25) is 4.79 Å². The number of carbonyl (C=O) groups is 1. The van der Waals surface area contributed by atoms with E-state index < -0.39 is 0 Å². The summed E-state index contributed by atoms with van der Waals surface area (Å²) in [6, 6.07) is 0. The summed E-state index contributed by atoms with van der Waals surface area (Å²) in [5.74, 6) is 0.102. The van der Waals surface area contributed by atoms with Gasteiger partial charge in [0.25, 0.3) is 0 Å². The lowest BCUT2D eigenvalue weighted by Gasteiger charge is -2.18. The summed E-state index contributed by atoms with van der Waals surface area (Å²) in [6.07, 6.45) is 1.29. The molecule has 1 N–H and O–H groups in total. The number of amides is 1. The first-order valence-corrected chi connectivity index (χ1v) is 5.79. The number of nitrogens with one attached hydrogen (secondary N) is 1. The Morgan fingerprint density at radius 3 is 2.44 bits per heavy atom. The third-order valence-electron chi connectivity index (χ3n) is 1.94. The van der Waals surface area contributed by atoms with Crippen molar-refractivity contribution >= 4 is 5.91 Å². The highest BCUT2D eigenvalue weighted by Gasteiger charge is 2.11. The van der Waals surface area contributed by atoms with Crippen molar-refractivity contribution in [3.05, 3.63) is 0 Å². The third kappa shape index (κ3) is 11.5. The number of ether oxygens (including phenoxy) is 2. The van der Waals surface area contributed by atoms with Gasteiger partial charge in [-0.05, 0) is 11.8 Å². The number of carbonyl (C=O) groups excluding carboxylic acids is 1. The van der Waals surface area contributed by atoms with Crippen LogP contribution in [0.5, 0.6) is 0 Å². The van der Waals surface area contributed by atoms with Crippen LogP contribution in [0.3, 0.4) is 0 Å². The van der Waals surface area contributed by atoms with Gasteiger partial charge in [-0.25, -0.2) is 0 Å². The van der Waals surface area contributed by atoms with Crippen LogP contribution in [0.15, 0.2) is 0 Å². The smallest absolute Gasteiger partial charge is 0.220 e. The molecule has 0 atom stereocenters. The Balaban J connectivity index is 3.31. The molecule has 0 aromatic rings. The number of methoxy groups -OCH3 is 1. The lowest BCUT2D eigenvalue weighted by Crippen LogP contribution is -2.32. The van der Waals surface area contributed by atoms with Crippen molar-refractivity contribution in [3.8, 4) is 0 Å². The first-order chi connectivity index (χ1) is 7.45. The normalized spacial score (nSPS) is 11.5. The van der Waals surface area contributed by atoms with Crippen LogP contribution < -0.4 is 5.32 Å². The predicted molar refractivity (Wildman–Crippen MR) is 64.4 cm³/mol. The SMILES string of the molecule is COCCOCCCC(=O)NCC(C)(C)C. The van der Waals surface area contributed by atoms with Crippen LogP contribution in [0.4, 0.5) is 0 Å². The second kappa shape index (κ2) is 8.53. The average Bonchev–Trinajstić information content (AvgIpc) is 2.19. The topological polar surface area (TPSA) is 47.6 Å². The summed E-state index contributed by atoms with van der Waals surface area (Å²) in [5, 5.41) is 2.91. The standard InChI is InChI=1S/C12H25NO3/c1-12(2,3)10-13-11(14)6-5-7-16-9-8-15-4/h5-10H2,1-4H3,(H,13,14). The molecule has 0 radical (unpaired) electrons. The molecule has 4 nitrogen and oxygen atoms in total. The zero-order valence-corrected chi connectivity index (χ0v) is 11.0. The third-order valence-corrected chi connectivity index (χ3v) is 1.94.